The van der Waals surface area contributed by atoms with Crippen LogP contribution in [-0.4, -0.2) is 29.6 Å². The third-order valence-corrected chi connectivity index (χ3v) is 3.31. The highest BCUT2D eigenvalue weighted by Crippen LogP contribution is 2.20. The average Bonchev–Trinajstić information content (AvgIpc) is 2.46. The molecule has 2 aromatic rings. The van der Waals surface area contributed by atoms with Crippen molar-refractivity contribution in [2.24, 2.45) is 5.73 Å². The first-order chi connectivity index (χ1) is 9.11. The molecule has 0 aliphatic carbocycles. The molecule has 0 fully saturated rings. The summed E-state index contributed by atoms with van der Waals surface area (Å²) in [6.07, 6.45) is 3.72. The van der Waals surface area contributed by atoms with E-state index in [-0.39, 0.29) is 6.04 Å². The first-order valence-electron chi connectivity index (χ1n) is 6.44. The minimum absolute atomic E-state index is 0.227. The van der Waals surface area contributed by atoms with Gasteiger partial charge in [-0.2, -0.15) is 0 Å². The Bertz CT molecular complexity index is 536. The Morgan fingerprint density at radius 2 is 1.89 bits per heavy atom. The molecule has 1 aromatic carbocycles. The van der Waals surface area contributed by atoms with Gasteiger partial charge in [0.05, 0.1) is 0 Å². The van der Waals surface area contributed by atoms with Crippen LogP contribution >= 0.6 is 0 Å². The number of nitrogens with zero attached hydrogens (tertiary/aromatic N) is 3. The molecule has 1 aromatic heterocycles. The Balaban J connectivity index is 2.23. The van der Waals surface area contributed by atoms with Gasteiger partial charge < -0.3 is 10.6 Å². The number of aryl methyl sites for hydroxylation is 1. The molecule has 1 unspecified atom stereocenters. The van der Waals surface area contributed by atoms with Crippen LogP contribution in [0.25, 0.3) is 11.1 Å². The number of likely N-dealkylation sites (N-methyl/N-ethyl adjacent to an activating group) is 1. The molecule has 1 atom stereocenters. The van der Waals surface area contributed by atoms with Gasteiger partial charge in [-0.1, -0.05) is 29.8 Å². The minimum atomic E-state index is 0.227. The van der Waals surface area contributed by atoms with E-state index in [1.165, 1.54) is 5.56 Å². The van der Waals surface area contributed by atoms with Crippen LogP contribution in [0, 0.1) is 6.92 Å². The summed E-state index contributed by atoms with van der Waals surface area (Å²) in [6.45, 7) is 4.72. The number of anilines is 1. The summed E-state index contributed by atoms with van der Waals surface area (Å²) < 4.78 is 0. The normalized spacial score (nSPS) is 12.2. The fourth-order valence-corrected chi connectivity index (χ4v) is 1.83. The molecule has 2 rings (SSSR count). The van der Waals surface area contributed by atoms with Gasteiger partial charge >= 0.3 is 0 Å². The second-order valence-electron chi connectivity index (χ2n) is 4.84. The van der Waals surface area contributed by atoms with E-state index < -0.39 is 0 Å². The van der Waals surface area contributed by atoms with E-state index in [1.807, 2.05) is 30.4 Å². The van der Waals surface area contributed by atoms with Crippen LogP contribution in [0.3, 0.4) is 0 Å². The maximum atomic E-state index is 5.65. The van der Waals surface area contributed by atoms with Crippen molar-refractivity contribution in [2.75, 3.05) is 18.5 Å². The number of rotatable bonds is 4. The molecule has 2 N–H and O–H groups in total. The molecule has 4 heteroatoms. The highest BCUT2D eigenvalue weighted by Gasteiger charge is 2.10. The van der Waals surface area contributed by atoms with Gasteiger partial charge in [-0.3, -0.25) is 0 Å². The van der Waals surface area contributed by atoms with Crippen molar-refractivity contribution < 1.29 is 0 Å². The van der Waals surface area contributed by atoms with Crippen molar-refractivity contribution in [3.63, 3.8) is 0 Å². The molecule has 0 radical (unpaired) electrons. The molecule has 0 amide bonds. The van der Waals surface area contributed by atoms with E-state index in [4.69, 9.17) is 5.73 Å². The lowest BCUT2D eigenvalue weighted by Gasteiger charge is -2.23. The quantitative estimate of drug-likeness (QED) is 0.911. The second kappa shape index (κ2) is 5.80. The summed E-state index contributed by atoms with van der Waals surface area (Å²) in [5.41, 5.74) is 9.05. The van der Waals surface area contributed by atoms with Crippen molar-refractivity contribution in [2.45, 2.75) is 19.9 Å². The van der Waals surface area contributed by atoms with Gasteiger partial charge in [-0.25, -0.2) is 9.97 Å². The molecular weight excluding hydrogens is 236 g/mol. The summed E-state index contributed by atoms with van der Waals surface area (Å²) in [4.78, 5) is 10.8. The number of hydrogen-bond donors (Lipinski definition) is 1. The first kappa shape index (κ1) is 13.5. The van der Waals surface area contributed by atoms with Gasteiger partial charge in [-0.15, -0.1) is 0 Å². The Morgan fingerprint density at radius 3 is 2.47 bits per heavy atom. The minimum Gasteiger partial charge on any atom is -0.340 e. The van der Waals surface area contributed by atoms with Crippen LogP contribution in [0.15, 0.2) is 36.7 Å². The lowest BCUT2D eigenvalue weighted by molar-refractivity contribution is 0.678. The van der Waals surface area contributed by atoms with Crippen LogP contribution in [0.5, 0.6) is 0 Å². The monoisotopic (exact) mass is 256 g/mol. The molecule has 0 spiro atoms. The van der Waals surface area contributed by atoms with Gasteiger partial charge in [0.1, 0.15) is 0 Å². The predicted molar refractivity (Wildman–Crippen MR) is 79.1 cm³/mol. The van der Waals surface area contributed by atoms with Gasteiger partial charge in [-0.05, 0) is 19.4 Å². The zero-order valence-electron chi connectivity index (χ0n) is 11.7. The topological polar surface area (TPSA) is 55.0 Å². The lowest BCUT2D eigenvalue weighted by atomic mass is 10.1. The fraction of sp³-hybridized carbons (Fsp3) is 0.333. The fourth-order valence-electron chi connectivity index (χ4n) is 1.83. The van der Waals surface area contributed by atoms with E-state index in [0.29, 0.717) is 12.5 Å². The van der Waals surface area contributed by atoms with Crippen LogP contribution in [0.1, 0.15) is 12.5 Å². The third-order valence-electron chi connectivity index (χ3n) is 3.31. The van der Waals surface area contributed by atoms with E-state index in [2.05, 4.69) is 42.0 Å². The molecule has 0 aliphatic heterocycles. The van der Waals surface area contributed by atoms with Crippen LogP contribution < -0.4 is 10.6 Å². The molecule has 0 aliphatic rings. The van der Waals surface area contributed by atoms with Crippen LogP contribution in [0.4, 0.5) is 5.95 Å². The molecule has 1 heterocycles. The SMILES string of the molecule is Cc1cccc(-c2cnc(N(C)C(C)CN)nc2)c1. The van der Waals surface area contributed by atoms with Crippen molar-refractivity contribution in [3.05, 3.63) is 42.2 Å². The van der Waals surface area contributed by atoms with E-state index in [9.17, 15) is 0 Å². The van der Waals surface area contributed by atoms with Gasteiger partial charge in [0.15, 0.2) is 0 Å². The lowest BCUT2D eigenvalue weighted by Crippen LogP contribution is -2.36. The van der Waals surface area contributed by atoms with Gasteiger partial charge in [0.2, 0.25) is 5.95 Å². The zero-order valence-corrected chi connectivity index (χ0v) is 11.7. The highest BCUT2D eigenvalue weighted by molar-refractivity contribution is 5.62. The number of aromatic nitrogens is 2. The van der Waals surface area contributed by atoms with Crippen molar-refractivity contribution in [1.82, 2.24) is 9.97 Å². The Morgan fingerprint density at radius 1 is 1.21 bits per heavy atom. The van der Waals surface area contributed by atoms with Crippen molar-refractivity contribution in [3.8, 4) is 11.1 Å². The summed E-state index contributed by atoms with van der Waals surface area (Å²) in [6, 6.07) is 8.54. The predicted octanol–water partition coefficient (Wildman–Crippen LogP) is 2.24. The molecule has 4 nitrogen and oxygen atoms in total. The van der Waals surface area contributed by atoms with E-state index in [0.717, 1.165) is 11.1 Å². The summed E-state index contributed by atoms with van der Waals surface area (Å²) in [7, 11) is 1.96. The Hall–Kier alpha value is -1.94. The van der Waals surface area contributed by atoms with Crippen molar-refractivity contribution >= 4 is 5.95 Å². The largest absolute Gasteiger partial charge is 0.340 e. The molecular formula is C15H20N4. The van der Waals surface area contributed by atoms with Gasteiger partial charge in [0.25, 0.3) is 0 Å². The second-order valence-corrected chi connectivity index (χ2v) is 4.84. The average molecular weight is 256 g/mol. The van der Waals surface area contributed by atoms with Crippen LogP contribution in [0.2, 0.25) is 0 Å². The smallest absolute Gasteiger partial charge is 0.225 e. The number of nitrogens with two attached hydrogens (primary N) is 1. The highest BCUT2D eigenvalue weighted by atomic mass is 15.2. The molecule has 19 heavy (non-hydrogen) atoms. The zero-order chi connectivity index (χ0) is 13.8. The number of benzene rings is 1. The summed E-state index contributed by atoms with van der Waals surface area (Å²) in [5, 5.41) is 0. The van der Waals surface area contributed by atoms with Crippen LogP contribution in [-0.2, 0) is 0 Å². The molecule has 0 saturated heterocycles. The standard InChI is InChI=1S/C15H20N4/c1-11-5-4-6-13(7-11)14-9-17-15(18-10-14)19(3)12(2)8-16/h4-7,9-10,12H,8,16H2,1-3H3. The van der Waals surface area contributed by atoms with E-state index >= 15 is 0 Å². The van der Waals surface area contributed by atoms with Gasteiger partial charge in [0, 0.05) is 37.6 Å². The summed E-state index contributed by atoms with van der Waals surface area (Å²) in [5.74, 6) is 0.703. The Labute approximate surface area is 114 Å². The third kappa shape index (κ3) is 3.09. The summed E-state index contributed by atoms with van der Waals surface area (Å²) >= 11 is 0. The van der Waals surface area contributed by atoms with Crippen molar-refractivity contribution in [1.29, 1.82) is 0 Å². The maximum Gasteiger partial charge on any atom is 0.225 e. The number of hydrogen-bond acceptors (Lipinski definition) is 4. The molecule has 0 bridgehead atoms. The Kier molecular flexibility index (Phi) is 4.12. The maximum absolute atomic E-state index is 5.65. The first-order valence-corrected chi connectivity index (χ1v) is 6.44. The molecule has 100 valence electrons. The van der Waals surface area contributed by atoms with E-state index in [1.54, 1.807) is 0 Å². The molecule has 0 saturated carbocycles.